The van der Waals surface area contributed by atoms with Gasteiger partial charge in [-0.2, -0.15) is 0 Å². The third-order valence-corrected chi connectivity index (χ3v) is 2.08. The highest BCUT2D eigenvalue weighted by molar-refractivity contribution is 6.29. The van der Waals surface area contributed by atoms with Gasteiger partial charge in [-0.25, -0.2) is 0 Å². The lowest BCUT2D eigenvalue weighted by molar-refractivity contribution is 0.925. The van der Waals surface area contributed by atoms with E-state index < -0.39 is 0 Å². The van der Waals surface area contributed by atoms with Crippen molar-refractivity contribution in [3.63, 3.8) is 0 Å². The van der Waals surface area contributed by atoms with Crippen molar-refractivity contribution in [3.05, 3.63) is 22.3 Å². The van der Waals surface area contributed by atoms with Crippen molar-refractivity contribution >= 4 is 11.6 Å². The van der Waals surface area contributed by atoms with Crippen molar-refractivity contribution in [2.75, 3.05) is 0 Å². The molecule has 1 aliphatic carbocycles. The molecule has 0 heterocycles. The number of hydrogen-bond acceptors (Lipinski definition) is 0. The Bertz CT molecular complexity index is 175. The second-order valence-electron chi connectivity index (χ2n) is 2.55. The van der Waals surface area contributed by atoms with Gasteiger partial charge in [-0.1, -0.05) is 22.7 Å². The lowest BCUT2D eigenvalue weighted by Crippen LogP contribution is -1.89. The smallest absolute Gasteiger partial charge is 0.0186 e. The van der Waals surface area contributed by atoms with Gasteiger partial charge in [-0.05, 0) is 32.8 Å². The summed E-state index contributed by atoms with van der Waals surface area (Å²) in [5, 5.41) is 0.998. The summed E-state index contributed by atoms with van der Waals surface area (Å²) < 4.78 is 0. The lowest BCUT2D eigenvalue weighted by Gasteiger charge is -2.09. The van der Waals surface area contributed by atoms with Crippen molar-refractivity contribution in [1.82, 2.24) is 0 Å². The van der Waals surface area contributed by atoms with Gasteiger partial charge in [-0.3, -0.25) is 0 Å². The Morgan fingerprint density at radius 3 is 2.44 bits per heavy atom. The van der Waals surface area contributed by atoms with Crippen molar-refractivity contribution in [3.8, 4) is 0 Å². The molecule has 0 bridgehead atoms. The predicted octanol–water partition coefficient (Wildman–Crippen LogP) is 3.24. The average Bonchev–Trinajstić information content (AvgIpc) is 1.80. The van der Waals surface area contributed by atoms with Crippen LogP contribution in [0.2, 0.25) is 0 Å². The highest BCUT2D eigenvalue weighted by Gasteiger charge is 2.03. The summed E-state index contributed by atoms with van der Waals surface area (Å²) in [5.74, 6) is 0. The summed E-state index contributed by atoms with van der Waals surface area (Å²) in [6.45, 7) is 4.27. The largest absolute Gasteiger partial charge is 0.0891 e. The van der Waals surface area contributed by atoms with Crippen LogP contribution in [0.25, 0.3) is 0 Å². The van der Waals surface area contributed by atoms with Crippen LogP contribution >= 0.6 is 11.6 Å². The maximum absolute atomic E-state index is 5.80. The zero-order valence-corrected chi connectivity index (χ0v) is 6.63. The standard InChI is InChI=1S/C8H11Cl/c1-6-3-4-8(9)5-7(6)2/h5H,3-4H2,1-2H3. The van der Waals surface area contributed by atoms with E-state index in [0.29, 0.717) is 0 Å². The molecule has 0 atom stereocenters. The molecule has 50 valence electrons. The van der Waals surface area contributed by atoms with Crippen LogP contribution in [0.4, 0.5) is 0 Å². The van der Waals surface area contributed by atoms with Crippen molar-refractivity contribution in [2.24, 2.45) is 0 Å². The molecular weight excluding hydrogens is 132 g/mol. The summed E-state index contributed by atoms with van der Waals surface area (Å²) >= 11 is 5.80. The molecule has 0 unspecified atom stereocenters. The van der Waals surface area contributed by atoms with Crippen LogP contribution < -0.4 is 0 Å². The fraction of sp³-hybridized carbons (Fsp3) is 0.500. The molecule has 0 saturated heterocycles. The van der Waals surface area contributed by atoms with E-state index in [2.05, 4.69) is 19.9 Å². The molecule has 0 nitrogen and oxygen atoms in total. The molecule has 9 heavy (non-hydrogen) atoms. The van der Waals surface area contributed by atoms with Gasteiger partial charge in [0.25, 0.3) is 0 Å². The zero-order chi connectivity index (χ0) is 6.85. The minimum atomic E-state index is 0.998. The Labute approximate surface area is 61.2 Å². The van der Waals surface area contributed by atoms with Crippen molar-refractivity contribution < 1.29 is 0 Å². The number of rotatable bonds is 0. The van der Waals surface area contributed by atoms with E-state index in [0.717, 1.165) is 17.9 Å². The molecular formula is C8H11Cl. The van der Waals surface area contributed by atoms with Gasteiger partial charge in [0.15, 0.2) is 0 Å². The summed E-state index contributed by atoms with van der Waals surface area (Å²) in [6, 6.07) is 0. The van der Waals surface area contributed by atoms with Crippen LogP contribution in [0.5, 0.6) is 0 Å². The first kappa shape index (κ1) is 6.88. The molecule has 0 aromatic rings. The van der Waals surface area contributed by atoms with Crippen LogP contribution in [0.1, 0.15) is 26.7 Å². The molecule has 0 spiro atoms. The number of hydrogen-bond donors (Lipinski definition) is 0. The topological polar surface area (TPSA) is 0 Å². The number of allylic oxidation sites excluding steroid dienone is 4. The first-order valence-corrected chi connectivity index (χ1v) is 3.60. The van der Waals surface area contributed by atoms with E-state index in [1.165, 1.54) is 11.1 Å². The first-order chi connectivity index (χ1) is 4.20. The molecule has 0 aromatic heterocycles. The third-order valence-electron chi connectivity index (χ3n) is 1.79. The molecule has 0 amide bonds. The third kappa shape index (κ3) is 1.59. The summed E-state index contributed by atoms with van der Waals surface area (Å²) in [5.41, 5.74) is 2.81. The molecule has 0 saturated carbocycles. The minimum absolute atomic E-state index is 0.998. The Hall–Kier alpha value is -0.230. The van der Waals surface area contributed by atoms with Gasteiger partial charge in [0, 0.05) is 5.03 Å². The Kier molecular flexibility index (Phi) is 1.97. The predicted molar refractivity (Wildman–Crippen MR) is 41.5 cm³/mol. The van der Waals surface area contributed by atoms with Crippen molar-refractivity contribution in [1.29, 1.82) is 0 Å². The van der Waals surface area contributed by atoms with Crippen LogP contribution in [0.3, 0.4) is 0 Å². The molecule has 1 rings (SSSR count). The normalized spacial score (nSPS) is 20.1. The molecule has 0 radical (unpaired) electrons. The van der Waals surface area contributed by atoms with E-state index in [-0.39, 0.29) is 0 Å². The average molecular weight is 143 g/mol. The second kappa shape index (κ2) is 2.57. The molecule has 0 fully saturated rings. The van der Waals surface area contributed by atoms with Gasteiger partial charge in [0.05, 0.1) is 0 Å². The zero-order valence-electron chi connectivity index (χ0n) is 5.87. The second-order valence-corrected chi connectivity index (χ2v) is 3.04. The minimum Gasteiger partial charge on any atom is -0.0891 e. The summed E-state index contributed by atoms with van der Waals surface area (Å²) in [7, 11) is 0. The van der Waals surface area contributed by atoms with Gasteiger partial charge in [0.2, 0.25) is 0 Å². The maximum atomic E-state index is 5.80. The first-order valence-electron chi connectivity index (χ1n) is 3.22. The molecule has 1 aliphatic rings. The Balaban J connectivity index is 2.83. The fourth-order valence-corrected chi connectivity index (χ4v) is 1.19. The molecule has 0 aliphatic heterocycles. The van der Waals surface area contributed by atoms with Crippen LogP contribution in [-0.2, 0) is 0 Å². The lowest BCUT2D eigenvalue weighted by atomic mass is 10.0. The summed E-state index contributed by atoms with van der Waals surface area (Å²) in [4.78, 5) is 0. The van der Waals surface area contributed by atoms with Crippen LogP contribution in [-0.4, -0.2) is 0 Å². The fourth-order valence-electron chi connectivity index (χ4n) is 0.934. The van der Waals surface area contributed by atoms with Gasteiger partial charge in [-0.15, -0.1) is 0 Å². The van der Waals surface area contributed by atoms with E-state index in [1.54, 1.807) is 0 Å². The van der Waals surface area contributed by atoms with Gasteiger partial charge < -0.3 is 0 Å². The highest BCUT2D eigenvalue weighted by atomic mass is 35.5. The summed E-state index contributed by atoms with van der Waals surface area (Å²) in [6.07, 6.45) is 4.23. The maximum Gasteiger partial charge on any atom is 0.0186 e. The molecule has 0 N–H and O–H groups in total. The molecule has 1 heteroatoms. The quantitative estimate of drug-likeness (QED) is 0.487. The van der Waals surface area contributed by atoms with Gasteiger partial charge >= 0.3 is 0 Å². The van der Waals surface area contributed by atoms with Crippen molar-refractivity contribution in [2.45, 2.75) is 26.7 Å². The van der Waals surface area contributed by atoms with E-state index in [1.807, 2.05) is 0 Å². The number of halogens is 1. The van der Waals surface area contributed by atoms with Crippen LogP contribution in [0.15, 0.2) is 22.3 Å². The Morgan fingerprint density at radius 1 is 1.33 bits per heavy atom. The van der Waals surface area contributed by atoms with E-state index in [9.17, 15) is 0 Å². The Morgan fingerprint density at radius 2 is 2.00 bits per heavy atom. The van der Waals surface area contributed by atoms with Crippen LogP contribution in [0, 0.1) is 0 Å². The van der Waals surface area contributed by atoms with E-state index >= 15 is 0 Å². The van der Waals surface area contributed by atoms with Gasteiger partial charge in [0.1, 0.15) is 0 Å². The monoisotopic (exact) mass is 142 g/mol. The molecule has 0 aromatic carbocycles. The SMILES string of the molecule is CC1=C(C)CCC(Cl)=C1. The highest BCUT2D eigenvalue weighted by Crippen LogP contribution is 2.24. The van der Waals surface area contributed by atoms with E-state index in [4.69, 9.17) is 11.6 Å².